The molecule has 0 radical (unpaired) electrons. The number of carbonyl (C=O) groups is 1. The number of hydrazone groups is 1. The highest BCUT2D eigenvalue weighted by atomic mass is 16.1. The van der Waals surface area contributed by atoms with Crippen molar-refractivity contribution in [1.29, 1.82) is 0 Å². The molecule has 0 aromatic carbocycles. The molecule has 0 rings (SSSR count). The monoisotopic (exact) mass is 157 g/mol. The summed E-state index contributed by atoms with van der Waals surface area (Å²) in [6, 6.07) is 0. The highest BCUT2D eigenvalue weighted by Crippen LogP contribution is 1.83. The minimum Gasteiger partial charge on any atom is -0.333 e. The lowest BCUT2D eigenvalue weighted by Crippen LogP contribution is -2.30. The average Bonchev–Trinajstić information content (AvgIpc) is 2.01. The molecular formula is C5H11N5O. The van der Waals surface area contributed by atoms with Gasteiger partial charge in [-0.05, 0) is 6.92 Å². The molecule has 6 N–H and O–H groups in total. The second-order valence-electron chi connectivity index (χ2n) is 1.75. The predicted molar refractivity (Wildman–Crippen MR) is 41.9 cm³/mol. The third-order valence-corrected chi connectivity index (χ3v) is 0.927. The number of carbonyl (C=O) groups excluding carboxylic acids is 1. The molecule has 0 saturated heterocycles. The fraction of sp³-hybridized carbons (Fsp3) is 0.200. The first-order chi connectivity index (χ1) is 5.24. The molecule has 0 heterocycles. The molecule has 62 valence electrons. The lowest BCUT2D eigenvalue weighted by atomic mass is 10.4. The maximum Gasteiger partial charge on any atom is 0.211 e. The first-order valence-corrected chi connectivity index (χ1v) is 2.87. The summed E-state index contributed by atoms with van der Waals surface area (Å²) in [5.74, 6) is 10.2. The van der Waals surface area contributed by atoms with E-state index in [4.69, 9.17) is 11.7 Å². The van der Waals surface area contributed by atoms with Gasteiger partial charge in [-0.15, -0.1) is 0 Å². The number of amidine groups is 1. The summed E-state index contributed by atoms with van der Waals surface area (Å²) in [5, 5.41) is 5.67. The second kappa shape index (κ2) is 5.24. The van der Waals surface area contributed by atoms with Gasteiger partial charge in [0.05, 0.1) is 0 Å². The molecule has 6 nitrogen and oxygen atoms in total. The Morgan fingerprint density at radius 1 is 1.64 bits per heavy atom. The Kier molecular flexibility index (Phi) is 4.50. The third kappa shape index (κ3) is 3.93. The summed E-state index contributed by atoms with van der Waals surface area (Å²) in [4.78, 5) is 9.90. The van der Waals surface area contributed by atoms with Crippen LogP contribution < -0.4 is 22.4 Å². The van der Waals surface area contributed by atoms with Crippen molar-refractivity contribution in [1.82, 2.24) is 10.7 Å². The SMILES string of the molecule is C/C(=C/C(=N/N)NN)NC=O. The Labute approximate surface area is 64.3 Å². The van der Waals surface area contributed by atoms with Crippen LogP contribution >= 0.6 is 0 Å². The molecule has 0 bridgehead atoms. The van der Waals surface area contributed by atoms with Gasteiger partial charge in [0.25, 0.3) is 0 Å². The summed E-state index contributed by atoms with van der Waals surface area (Å²) >= 11 is 0. The summed E-state index contributed by atoms with van der Waals surface area (Å²) in [7, 11) is 0. The van der Waals surface area contributed by atoms with Gasteiger partial charge in [-0.25, -0.2) is 5.84 Å². The first-order valence-electron chi connectivity index (χ1n) is 2.87. The van der Waals surface area contributed by atoms with E-state index >= 15 is 0 Å². The van der Waals surface area contributed by atoms with Crippen LogP contribution in [0.1, 0.15) is 6.92 Å². The fourth-order valence-electron chi connectivity index (χ4n) is 0.456. The van der Waals surface area contributed by atoms with E-state index in [1.165, 1.54) is 6.08 Å². The Bertz CT molecular complexity index is 185. The lowest BCUT2D eigenvalue weighted by molar-refractivity contribution is -0.108. The van der Waals surface area contributed by atoms with Crippen molar-refractivity contribution in [2.75, 3.05) is 0 Å². The van der Waals surface area contributed by atoms with Gasteiger partial charge in [0.2, 0.25) is 6.41 Å². The highest BCUT2D eigenvalue weighted by molar-refractivity contribution is 5.92. The normalized spacial score (nSPS) is 12.5. The molecule has 0 aromatic heterocycles. The number of allylic oxidation sites excluding steroid dienone is 1. The molecule has 0 aliphatic carbocycles. The van der Waals surface area contributed by atoms with Gasteiger partial charge in [0.1, 0.15) is 0 Å². The van der Waals surface area contributed by atoms with E-state index in [2.05, 4.69) is 15.8 Å². The third-order valence-electron chi connectivity index (χ3n) is 0.927. The maximum absolute atomic E-state index is 9.90. The zero-order valence-electron chi connectivity index (χ0n) is 6.16. The molecule has 0 aliphatic heterocycles. The molecule has 0 aromatic rings. The fourth-order valence-corrected chi connectivity index (χ4v) is 0.456. The van der Waals surface area contributed by atoms with Crippen molar-refractivity contribution < 1.29 is 4.79 Å². The molecular weight excluding hydrogens is 146 g/mol. The van der Waals surface area contributed by atoms with Gasteiger partial charge >= 0.3 is 0 Å². The van der Waals surface area contributed by atoms with Crippen LogP contribution in [-0.4, -0.2) is 12.2 Å². The van der Waals surface area contributed by atoms with Gasteiger partial charge in [-0.3, -0.25) is 4.79 Å². The molecule has 0 aliphatic rings. The summed E-state index contributed by atoms with van der Waals surface area (Å²) < 4.78 is 0. The number of nitrogens with zero attached hydrogens (tertiary/aromatic N) is 1. The molecule has 6 heteroatoms. The van der Waals surface area contributed by atoms with Crippen LogP contribution in [0, 0.1) is 0 Å². The van der Waals surface area contributed by atoms with Crippen LogP contribution in [0.25, 0.3) is 0 Å². The number of hydrogen-bond acceptors (Lipinski definition) is 4. The molecule has 0 fully saturated rings. The predicted octanol–water partition coefficient (Wildman–Crippen LogP) is -1.63. The van der Waals surface area contributed by atoms with E-state index in [1.807, 2.05) is 0 Å². The number of amides is 1. The molecule has 1 amide bonds. The van der Waals surface area contributed by atoms with E-state index in [1.54, 1.807) is 6.92 Å². The van der Waals surface area contributed by atoms with Gasteiger partial charge in [-0.2, -0.15) is 5.10 Å². The van der Waals surface area contributed by atoms with Gasteiger partial charge in [0, 0.05) is 11.8 Å². The minimum atomic E-state index is 0.289. The van der Waals surface area contributed by atoms with Crippen LogP contribution in [0.2, 0.25) is 0 Å². The highest BCUT2D eigenvalue weighted by Gasteiger charge is 1.90. The van der Waals surface area contributed by atoms with Gasteiger partial charge in [0.15, 0.2) is 5.84 Å². The largest absolute Gasteiger partial charge is 0.333 e. The Hall–Kier alpha value is -1.56. The average molecular weight is 157 g/mol. The Balaban J connectivity index is 4.15. The van der Waals surface area contributed by atoms with Crippen molar-refractivity contribution >= 4 is 12.2 Å². The van der Waals surface area contributed by atoms with Crippen LogP contribution in [0.4, 0.5) is 0 Å². The molecule has 11 heavy (non-hydrogen) atoms. The van der Waals surface area contributed by atoms with Crippen LogP contribution in [0.15, 0.2) is 16.9 Å². The number of hydrogen-bond donors (Lipinski definition) is 4. The van der Waals surface area contributed by atoms with Crippen molar-refractivity contribution in [3.05, 3.63) is 11.8 Å². The molecule has 0 spiro atoms. The van der Waals surface area contributed by atoms with E-state index in [0.717, 1.165) is 0 Å². The van der Waals surface area contributed by atoms with Crippen molar-refractivity contribution in [2.24, 2.45) is 16.8 Å². The number of nitrogens with two attached hydrogens (primary N) is 2. The lowest BCUT2D eigenvalue weighted by Gasteiger charge is -1.99. The maximum atomic E-state index is 9.90. The number of rotatable bonds is 3. The summed E-state index contributed by atoms with van der Waals surface area (Å²) in [5.41, 5.74) is 2.83. The topological polar surface area (TPSA) is 106 Å². The standard InChI is InChI=1S/C5H11N5O/c1-4(8-3-11)2-5(9-6)10-7/h2-3H,6-7H2,1H3,(H,8,11)(H,9,10)/b4-2-. The smallest absolute Gasteiger partial charge is 0.211 e. The van der Waals surface area contributed by atoms with Crippen molar-refractivity contribution in [3.8, 4) is 0 Å². The van der Waals surface area contributed by atoms with E-state index in [0.29, 0.717) is 12.1 Å². The summed E-state index contributed by atoms with van der Waals surface area (Å²) in [6.07, 6.45) is 2.05. The molecule has 0 atom stereocenters. The number of nitrogens with one attached hydrogen (secondary N) is 2. The molecule has 0 saturated carbocycles. The zero-order valence-corrected chi connectivity index (χ0v) is 6.16. The van der Waals surface area contributed by atoms with E-state index in [9.17, 15) is 4.79 Å². The van der Waals surface area contributed by atoms with Crippen LogP contribution in [0.5, 0.6) is 0 Å². The van der Waals surface area contributed by atoms with Crippen molar-refractivity contribution in [3.63, 3.8) is 0 Å². The quantitative estimate of drug-likeness (QED) is 0.130. The van der Waals surface area contributed by atoms with Crippen LogP contribution in [-0.2, 0) is 4.79 Å². The zero-order chi connectivity index (χ0) is 8.69. The number of hydrazine groups is 1. The van der Waals surface area contributed by atoms with Crippen molar-refractivity contribution in [2.45, 2.75) is 6.92 Å². The van der Waals surface area contributed by atoms with Crippen LogP contribution in [0.3, 0.4) is 0 Å². The summed E-state index contributed by atoms with van der Waals surface area (Å²) in [6.45, 7) is 1.68. The first kappa shape index (κ1) is 9.44. The van der Waals surface area contributed by atoms with E-state index in [-0.39, 0.29) is 5.84 Å². The Morgan fingerprint density at radius 2 is 2.27 bits per heavy atom. The Morgan fingerprint density at radius 3 is 2.64 bits per heavy atom. The van der Waals surface area contributed by atoms with Gasteiger partial charge < -0.3 is 16.6 Å². The van der Waals surface area contributed by atoms with Gasteiger partial charge in [-0.1, -0.05) is 0 Å². The second-order valence-corrected chi connectivity index (χ2v) is 1.75. The van der Waals surface area contributed by atoms with E-state index < -0.39 is 0 Å². The minimum absolute atomic E-state index is 0.289. The molecule has 0 unspecified atom stereocenters.